The van der Waals surface area contributed by atoms with Crippen LogP contribution in [0.25, 0.3) is 0 Å². The average molecular weight is 229 g/mol. The number of likely N-dealkylation sites (tertiary alicyclic amines) is 1. The van der Waals surface area contributed by atoms with Gasteiger partial charge in [-0.25, -0.2) is 0 Å². The number of primary amides is 1. The van der Waals surface area contributed by atoms with Gasteiger partial charge >= 0.3 is 0 Å². The Morgan fingerprint density at radius 2 is 2.13 bits per heavy atom. The van der Waals surface area contributed by atoms with Crippen LogP contribution in [0.5, 0.6) is 0 Å². The van der Waals surface area contributed by atoms with Gasteiger partial charge in [-0.1, -0.05) is 6.92 Å². The predicted molar refractivity (Wildman–Crippen MR) is 64.4 cm³/mol. The van der Waals surface area contributed by atoms with E-state index in [1.807, 2.05) is 0 Å². The Labute approximate surface area is 96.2 Å². The Morgan fingerprint density at radius 1 is 1.53 bits per heavy atom. The predicted octanol–water partition coefficient (Wildman–Crippen LogP) is 0.468. The first-order chi connectivity index (χ1) is 7.15. The Balaban J connectivity index is 2.30. The normalized spacial score (nSPS) is 17.5. The summed E-state index contributed by atoms with van der Waals surface area (Å²) in [6.45, 7) is 4.69. The lowest BCUT2D eigenvalue weighted by atomic mass is 9.97. The molecule has 0 aromatic carbocycles. The van der Waals surface area contributed by atoms with Gasteiger partial charge in [0.2, 0.25) is 5.91 Å². The molecule has 0 aromatic heterocycles. The lowest BCUT2D eigenvalue weighted by molar-refractivity contribution is -0.122. The van der Waals surface area contributed by atoms with E-state index in [0.717, 1.165) is 44.0 Å². The molecule has 1 aliphatic rings. The number of rotatable bonds is 3. The molecule has 0 radical (unpaired) electrons. The number of nitrogens with one attached hydrogen (secondary N) is 1. The highest BCUT2D eigenvalue weighted by molar-refractivity contribution is 7.80. The Bertz CT molecular complexity index is 237. The highest BCUT2D eigenvalue weighted by Crippen LogP contribution is 2.16. The molecule has 1 aliphatic heterocycles. The number of amides is 1. The van der Waals surface area contributed by atoms with Crippen LogP contribution in [0, 0.1) is 5.92 Å². The molecule has 0 atom stereocenters. The van der Waals surface area contributed by atoms with E-state index in [9.17, 15) is 4.79 Å². The van der Waals surface area contributed by atoms with Gasteiger partial charge in [-0.15, -0.1) is 0 Å². The van der Waals surface area contributed by atoms with Crippen LogP contribution < -0.4 is 11.1 Å². The zero-order valence-electron chi connectivity index (χ0n) is 9.16. The zero-order valence-corrected chi connectivity index (χ0v) is 9.98. The number of hydrogen-bond acceptors (Lipinski definition) is 2. The first kappa shape index (κ1) is 12.2. The van der Waals surface area contributed by atoms with E-state index in [1.165, 1.54) is 0 Å². The van der Waals surface area contributed by atoms with Gasteiger partial charge in [0.05, 0.1) is 0 Å². The molecule has 0 saturated carbocycles. The summed E-state index contributed by atoms with van der Waals surface area (Å²) < 4.78 is 0. The van der Waals surface area contributed by atoms with Crippen LogP contribution in [-0.4, -0.2) is 35.6 Å². The van der Waals surface area contributed by atoms with Crippen LogP contribution in [0.15, 0.2) is 0 Å². The van der Waals surface area contributed by atoms with Crippen molar-refractivity contribution in [3.05, 3.63) is 0 Å². The molecular weight excluding hydrogens is 210 g/mol. The van der Waals surface area contributed by atoms with Crippen molar-refractivity contribution in [2.24, 2.45) is 11.7 Å². The Kier molecular flexibility index (Phi) is 4.81. The second-order valence-corrected chi connectivity index (χ2v) is 4.28. The van der Waals surface area contributed by atoms with Gasteiger partial charge in [0, 0.05) is 25.6 Å². The number of nitrogens with zero attached hydrogens (tertiary/aromatic N) is 1. The molecule has 1 fully saturated rings. The van der Waals surface area contributed by atoms with Crippen molar-refractivity contribution in [1.29, 1.82) is 0 Å². The molecule has 1 saturated heterocycles. The number of hydrogen-bond donors (Lipinski definition) is 2. The third kappa shape index (κ3) is 3.66. The van der Waals surface area contributed by atoms with Crippen molar-refractivity contribution >= 4 is 23.2 Å². The quantitative estimate of drug-likeness (QED) is 0.691. The molecule has 0 bridgehead atoms. The first-order valence-electron chi connectivity index (χ1n) is 5.47. The largest absolute Gasteiger partial charge is 0.369 e. The van der Waals surface area contributed by atoms with Crippen molar-refractivity contribution in [2.45, 2.75) is 26.2 Å². The van der Waals surface area contributed by atoms with Gasteiger partial charge in [-0.3, -0.25) is 4.79 Å². The number of piperidine rings is 1. The summed E-state index contributed by atoms with van der Waals surface area (Å²) in [4.78, 5) is 13.1. The first-order valence-corrected chi connectivity index (χ1v) is 5.88. The van der Waals surface area contributed by atoms with Crippen LogP contribution in [0.3, 0.4) is 0 Å². The molecule has 5 heteroatoms. The van der Waals surface area contributed by atoms with Crippen molar-refractivity contribution in [3.8, 4) is 0 Å². The molecule has 1 amide bonds. The third-order valence-corrected chi connectivity index (χ3v) is 3.11. The van der Waals surface area contributed by atoms with Crippen LogP contribution in [0.1, 0.15) is 26.2 Å². The highest BCUT2D eigenvalue weighted by Gasteiger charge is 2.23. The van der Waals surface area contributed by atoms with E-state index in [-0.39, 0.29) is 11.8 Å². The summed E-state index contributed by atoms with van der Waals surface area (Å²) in [7, 11) is 0. The minimum absolute atomic E-state index is 0.0372. The average Bonchev–Trinajstić information content (AvgIpc) is 2.26. The molecule has 86 valence electrons. The fraction of sp³-hybridized carbons (Fsp3) is 0.800. The van der Waals surface area contributed by atoms with Crippen LogP contribution in [-0.2, 0) is 4.79 Å². The standard InChI is InChI=1S/C10H19N3OS/c1-2-5-12-10(15)13-6-3-8(4-7-13)9(11)14/h8H,2-7H2,1H3,(H2,11,14)(H,12,15). The Hall–Kier alpha value is -0.840. The third-order valence-electron chi connectivity index (χ3n) is 2.71. The van der Waals surface area contributed by atoms with Crippen LogP contribution in [0.2, 0.25) is 0 Å². The summed E-state index contributed by atoms with van der Waals surface area (Å²) in [5, 5.41) is 3.99. The van der Waals surface area contributed by atoms with E-state index in [1.54, 1.807) is 0 Å². The number of carbonyl (C=O) groups excluding carboxylic acids is 1. The molecule has 3 N–H and O–H groups in total. The van der Waals surface area contributed by atoms with Gasteiger partial charge < -0.3 is 16.0 Å². The molecule has 4 nitrogen and oxygen atoms in total. The molecule has 0 aliphatic carbocycles. The number of carbonyl (C=O) groups is 1. The SMILES string of the molecule is CCCNC(=S)N1CCC(C(N)=O)CC1. The van der Waals surface area contributed by atoms with Crippen molar-refractivity contribution in [3.63, 3.8) is 0 Å². The van der Waals surface area contributed by atoms with E-state index >= 15 is 0 Å². The minimum atomic E-state index is -0.179. The summed E-state index contributed by atoms with van der Waals surface area (Å²) in [6.07, 6.45) is 2.71. The molecule has 0 unspecified atom stereocenters. The molecule has 1 rings (SSSR count). The topological polar surface area (TPSA) is 58.4 Å². The van der Waals surface area contributed by atoms with E-state index < -0.39 is 0 Å². The molecule has 15 heavy (non-hydrogen) atoms. The summed E-state index contributed by atoms with van der Waals surface area (Å²) in [5.41, 5.74) is 5.26. The van der Waals surface area contributed by atoms with Gasteiger partial charge in [0.25, 0.3) is 0 Å². The van der Waals surface area contributed by atoms with Gasteiger partial charge in [-0.05, 0) is 31.5 Å². The molecule has 0 aromatic rings. The van der Waals surface area contributed by atoms with Gasteiger partial charge in [0.1, 0.15) is 0 Å². The maximum atomic E-state index is 11.0. The van der Waals surface area contributed by atoms with Crippen molar-refractivity contribution < 1.29 is 4.79 Å². The second kappa shape index (κ2) is 5.90. The van der Waals surface area contributed by atoms with Crippen molar-refractivity contribution in [1.82, 2.24) is 10.2 Å². The van der Waals surface area contributed by atoms with E-state index in [0.29, 0.717) is 0 Å². The smallest absolute Gasteiger partial charge is 0.220 e. The van der Waals surface area contributed by atoms with Gasteiger partial charge in [-0.2, -0.15) is 0 Å². The fourth-order valence-corrected chi connectivity index (χ4v) is 2.00. The van der Waals surface area contributed by atoms with Crippen LogP contribution in [0.4, 0.5) is 0 Å². The molecule has 1 heterocycles. The molecular formula is C10H19N3OS. The maximum Gasteiger partial charge on any atom is 0.220 e. The number of thiocarbonyl (C=S) groups is 1. The second-order valence-electron chi connectivity index (χ2n) is 3.90. The van der Waals surface area contributed by atoms with Crippen LogP contribution >= 0.6 is 12.2 Å². The van der Waals surface area contributed by atoms with E-state index in [2.05, 4.69) is 17.1 Å². The monoisotopic (exact) mass is 229 g/mol. The fourth-order valence-electron chi connectivity index (χ4n) is 1.71. The maximum absolute atomic E-state index is 11.0. The Morgan fingerprint density at radius 3 is 2.60 bits per heavy atom. The lowest BCUT2D eigenvalue weighted by Gasteiger charge is -2.32. The summed E-state index contributed by atoms with van der Waals surface area (Å²) in [5.74, 6) is -0.141. The number of nitrogens with two attached hydrogens (primary N) is 1. The lowest BCUT2D eigenvalue weighted by Crippen LogP contribution is -2.46. The zero-order chi connectivity index (χ0) is 11.3. The minimum Gasteiger partial charge on any atom is -0.369 e. The van der Waals surface area contributed by atoms with E-state index in [4.69, 9.17) is 18.0 Å². The highest BCUT2D eigenvalue weighted by atomic mass is 32.1. The molecule has 0 spiro atoms. The van der Waals surface area contributed by atoms with Gasteiger partial charge in [0.15, 0.2) is 5.11 Å². The summed E-state index contributed by atoms with van der Waals surface area (Å²) >= 11 is 5.24. The van der Waals surface area contributed by atoms with Crippen molar-refractivity contribution in [2.75, 3.05) is 19.6 Å². The summed E-state index contributed by atoms with van der Waals surface area (Å²) in [6, 6.07) is 0.